The average Bonchev–Trinajstić information content (AvgIpc) is 2.78. The molecule has 2 rings (SSSR count). The summed E-state index contributed by atoms with van der Waals surface area (Å²) in [5.41, 5.74) is 9.72. The van der Waals surface area contributed by atoms with E-state index >= 15 is 0 Å². The molecule has 0 bridgehead atoms. The molecule has 0 spiro atoms. The van der Waals surface area contributed by atoms with Gasteiger partial charge in [-0.15, -0.1) is 0 Å². The van der Waals surface area contributed by atoms with Crippen molar-refractivity contribution in [3.8, 4) is 0 Å². The smallest absolute Gasteiger partial charge is 0.128 e. The molecule has 0 radical (unpaired) electrons. The van der Waals surface area contributed by atoms with Gasteiger partial charge in [0, 0.05) is 23.4 Å². The van der Waals surface area contributed by atoms with Crippen LogP contribution >= 0.6 is 0 Å². The molecule has 1 aromatic carbocycles. The molecule has 19 heavy (non-hydrogen) atoms. The summed E-state index contributed by atoms with van der Waals surface area (Å²) in [5, 5.41) is 4.58. The first kappa shape index (κ1) is 13.7. The highest BCUT2D eigenvalue weighted by Gasteiger charge is 2.15. The molecule has 0 aliphatic carbocycles. The Morgan fingerprint density at radius 1 is 1.21 bits per heavy atom. The van der Waals surface area contributed by atoms with Crippen molar-refractivity contribution in [2.45, 2.75) is 39.8 Å². The molecule has 4 heteroatoms. The lowest BCUT2D eigenvalue weighted by Crippen LogP contribution is -2.09. The van der Waals surface area contributed by atoms with Gasteiger partial charge in [0.05, 0.1) is 12.2 Å². The van der Waals surface area contributed by atoms with Crippen LogP contribution in [0.3, 0.4) is 0 Å². The summed E-state index contributed by atoms with van der Waals surface area (Å²) in [4.78, 5) is 0. The lowest BCUT2D eigenvalue weighted by Gasteiger charge is -2.08. The standard InChI is InChI=1S/C15H20FN3/c1-3-14-12(9-17)15(4-2)19(18-14)10-11-7-5-6-8-13(11)16/h5-8H,3-4,9-10,17H2,1-2H3. The minimum absolute atomic E-state index is 0.188. The zero-order valence-corrected chi connectivity index (χ0v) is 11.5. The summed E-state index contributed by atoms with van der Waals surface area (Å²) in [7, 11) is 0. The molecular weight excluding hydrogens is 241 g/mol. The molecule has 0 amide bonds. The number of benzene rings is 1. The van der Waals surface area contributed by atoms with E-state index in [1.807, 2.05) is 10.7 Å². The van der Waals surface area contributed by atoms with Crippen LogP contribution in [0.4, 0.5) is 4.39 Å². The molecule has 1 aromatic heterocycles. The maximum Gasteiger partial charge on any atom is 0.128 e. The van der Waals surface area contributed by atoms with Gasteiger partial charge in [-0.2, -0.15) is 5.10 Å². The number of nitrogens with two attached hydrogens (primary N) is 1. The number of halogens is 1. The lowest BCUT2D eigenvalue weighted by molar-refractivity contribution is 0.573. The minimum atomic E-state index is -0.188. The predicted molar refractivity (Wildman–Crippen MR) is 74.4 cm³/mol. The van der Waals surface area contributed by atoms with E-state index in [-0.39, 0.29) is 5.82 Å². The Kier molecular flexibility index (Phi) is 4.32. The molecular formula is C15H20FN3. The van der Waals surface area contributed by atoms with Crippen molar-refractivity contribution < 1.29 is 4.39 Å². The Labute approximate surface area is 113 Å². The van der Waals surface area contributed by atoms with E-state index < -0.39 is 0 Å². The van der Waals surface area contributed by atoms with Crippen LogP contribution in [0, 0.1) is 5.82 Å². The Morgan fingerprint density at radius 3 is 2.53 bits per heavy atom. The number of nitrogens with zero attached hydrogens (tertiary/aromatic N) is 2. The van der Waals surface area contributed by atoms with E-state index in [9.17, 15) is 4.39 Å². The van der Waals surface area contributed by atoms with Crippen LogP contribution < -0.4 is 5.73 Å². The second kappa shape index (κ2) is 5.97. The van der Waals surface area contributed by atoms with Crippen LogP contribution in [0.1, 0.15) is 36.4 Å². The Bertz CT molecular complexity index is 561. The maximum atomic E-state index is 13.7. The van der Waals surface area contributed by atoms with Crippen molar-refractivity contribution in [2.75, 3.05) is 0 Å². The second-order valence-corrected chi connectivity index (χ2v) is 4.53. The number of hydrogen-bond donors (Lipinski definition) is 1. The topological polar surface area (TPSA) is 43.8 Å². The monoisotopic (exact) mass is 261 g/mol. The highest BCUT2D eigenvalue weighted by Crippen LogP contribution is 2.18. The SMILES string of the molecule is CCc1nn(Cc2ccccc2F)c(CC)c1CN. The number of hydrogen-bond acceptors (Lipinski definition) is 2. The molecule has 2 aromatic rings. The molecule has 0 fully saturated rings. The van der Waals surface area contributed by atoms with E-state index in [4.69, 9.17) is 5.73 Å². The van der Waals surface area contributed by atoms with E-state index in [1.54, 1.807) is 12.1 Å². The fourth-order valence-corrected chi connectivity index (χ4v) is 2.42. The van der Waals surface area contributed by atoms with Crippen LogP contribution in [-0.4, -0.2) is 9.78 Å². The number of aryl methyl sites for hydroxylation is 1. The quantitative estimate of drug-likeness (QED) is 0.899. The third kappa shape index (κ3) is 2.68. The molecule has 102 valence electrons. The summed E-state index contributed by atoms with van der Waals surface area (Å²) in [6.07, 6.45) is 1.71. The Balaban J connectivity index is 2.40. The summed E-state index contributed by atoms with van der Waals surface area (Å²) in [5.74, 6) is -0.188. The first-order valence-corrected chi connectivity index (χ1v) is 6.72. The van der Waals surface area contributed by atoms with Crippen LogP contribution in [-0.2, 0) is 25.9 Å². The zero-order valence-electron chi connectivity index (χ0n) is 11.5. The average molecular weight is 261 g/mol. The molecule has 0 saturated heterocycles. The van der Waals surface area contributed by atoms with Gasteiger partial charge >= 0.3 is 0 Å². The van der Waals surface area contributed by atoms with Gasteiger partial charge in [-0.1, -0.05) is 32.0 Å². The van der Waals surface area contributed by atoms with E-state index in [1.165, 1.54) is 6.07 Å². The molecule has 0 aliphatic rings. The first-order chi connectivity index (χ1) is 9.21. The van der Waals surface area contributed by atoms with Crippen molar-refractivity contribution >= 4 is 0 Å². The van der Waals surface area contributed by atoms with Gasteiger partial charge in [-0.25, -0.2) is 4.39 Å². The van der Waals surface area contributed by atoms with Gasteiger partial charge in [0.1, 0.15) is 5.82 Å². The van der Waals surface area contributed by atoms with Crippen LogP contribution in [0.5, 0.6) is 0 Å². The van der Waals surface area contributed by atoms with Crippen molar-refractivity contribution in [3.05, 3.63) is 52.6 Å². The first-order valence-electron chi connectivity index (χ1n) is 6.72. The molecule has 2 N–H and O–H groups in total. The Morgan fingerprint density at radius 2 is 1.95 bits per heavy atom. The predicted octanol–water partition coefficient (Wildman–Crippen LogP) is 2.65. The third-order valence-electron chi connectivity index (χ3n) is 3.40. The summed E-state index contributed by atoms with van der Waals surface area (Å²) >= 11 is 0. The van der Waals surface area contributed by atoms with E-state index in [0.29, 0.717) is 18.7 Å². The second-order valence-electron chi connectivity index (χ2n) is 4.53. The highest BCUT2D eigenvalue weighted by molar-refractivity contribution is 5.28. The largest absolute Gasteiger partial charge is 0.326 e. The fourth-order valence-electron chi connectivity index (χ4n) is 2.42. The fraction of sp³-hybridized carbons (Fsp3) is 0.400. The number of aromatic nitrogens is 2. The summed E-state index contributed by atoms with van der Waals surface area (Å²) in [6, 6.07) is 6.82. The van der Waals surface area contributed by atoms with Gasteiger partial charge in [-0.05, 0) is 18.9 Å². The third-order valence-corrected chi connectivity index (χ3v) is 3.40. The summed E-state index contributed by atoms with van der Waals surface area (Å²) < 4.78 is 15.6. The Hall–Kier alpha value is -1.68. The molecule has 3 nitrogen and oxygen atoms in total. The van der Waals surface area contributed by atoms with Gasteiger partial charge < -0.3 is 5.73 Å². The minimum Gasteiger partial charge on any atom is -0.326 e. The molecule has 0 atom stereocenters. The number of rotatable bonds is 5. The van der Waals surface area contributed by atoms with Crippen LogP contribution in [0.2, 0.25) is 0 Å². The summed E-state index contributed by atoms with van der Waals surface area (Å²) in [6.45, 7) is 5.09. The van der Waals surface area contributed by atoms with E-state index in [0.717, 1.165) is 29.8 Å². The van der Waals surface area contributed by atoms with Crippen molar-refractivity contribution in [1.82, 2.24) is 9.78 Å². The van der Waals surface area contributed by atoms with Gasteiger partial charge in [0.2, 0.25) is 0 Å². The van der Waals surface area contributed by atoms with E-state index in [2.05, 4.69) is 18.9 Å². The molecule has 0 saturated carbocycles. The maximum absolute atomic E-state index is 13.7. The molecule has 0 aliphatic heterocycles. The molecule has 1 heterocycles. The molecule has 0 unspecified atom stereocenters. The van der Waals surface area contributed by atoms with Crippen molar-refractivity contribution in [1.29, 1.82) is 0 Å². The normalized spacial score (nSPS) is 10.9. The zero-order chi connectivity index (χ0) is 13.8. The van der Waals surface area contributed by atoms with Gasteiger partial charge in [0.25, 0.3) is 0 Å². The lowest BCUT2D eigenvalue weighted by atomic mass is 10.1. The van der Waals surface area contributed by atoms with Crippen LogP contribution in [0.25, 0.3) is 0 Å². The van der Waals surface area contributed by atoms with Gasteiger partial charge in [0.15, 0.2) is 0 Å². The highest BCUT2D eigenvalue weighted by atomic mass is 19.1. The van der Waals surface area contributed by atoms with Gasteiger partial charge in [-0.3, -0.25) is 4.68 Å². The van der Waals surface area contributed by atoms with Crippen molar-refractivity contribution in [2.24, 2.45) is 5.73 Å². The van der Waals surface area contributed by atoms with Crippen molar-refractivity contribution in [3.63, 3.8) is 0 Å². The van der Waals surface area contributed by atoms with Crippen LogP contribution in [0.15, 0.2) is 24.3 Å².